The van der Waals surface area contributed by atoms with Crippen molar-refractivity contribution in [1.82, 2.24) is 15.3 Å². The Hall–Kier alpha value is -2.65. The Morgan fingerprint density at radius 3 is 2.69 bits per heavy atom. The van der Waals surface area contributed by atoms with E-state index in [2.05, 4.69) is 5.32 Å². The molecule has 4 rings (SSSR count). The van der Waals surface area contributed by atoms with Crippen LogP contribution in [0.4, 0.5) is 5.82 Å². The highest BCUT2D eigenvalue weighted by Crippen LogP contribution is 2.36. The molecule has 0 radical (unpaired) electrons. The maximum atomic E-state index is 12.5. The number of nitrogens with one attached hydrogen (secondary N) is 1. The lowest BCUT2D eigenvalue weighted by atomic mass is 10.2. The first-order chi connectivity index (χ1) is 15.5. The van der Waals surface area contributed by atoms with Gasteiger partial charge in [-0.15, -0.1) is 23.1 Å². The molecule has 1 fully saturated rings. The molecule has 1 N–H and O–H groups in total. The lowest BCUT2D eigenvalue weighted by molar-refractivity contribution is -0.119. The van der Waals surface area contributed by atoms with Gasteiger partial charge in [0.2, 0.25) is 5.91 Å². The van der Waals surface area contributed by atoms with Crippen LogP contribution in [-0.2, 0) is 15.3 Å². The summed E-state index contributed by atoms with van der Waals surface area (Å²) >= 11 is 2.97. The summed E-state index contributed by atoms with van der Waals surface area (Å²) in [6, 6.07) is 10.4. The minimum absolute atomic E-state index is 0.0273. The van der Waals surface area contributed by atoms with Crippen LogP contribution in [0.3, 0.4) is 0 Å². The number of esters is 1. The summed E-state index contributed by atoms with van der Waals surface area (Å²) in [6.45, 7) is 4.18. The van der Waals surface area contributed by atoms with Gasteiger partial charge in [-0.25, -0.2) is 14.8 Å². The van der Waals surface area contributed by atoms with Crippen LogP contribution in [-0.4, -0.2) is 48.1 Å². The van der Waals surface area contributed by atoms with Gasteiger partial charge in [-0.2, -0.15) is 0 Å². The molecule has 0 saturated heterocycles. The minimum atomic E-state index is -0.353. The first kappa shape index (κ1) is 22.5. The van der Waals surface area contributed by atoms with Crippen molar-refractivity contribution in [3.05, 3.63) is 46.6 Å². The van der Waals surface area contributed by atoms with Crippen molar-refractivity contribution in [3.63, 3.8) is 0 Å². The van der Waals surface area contributed by atoms with Crippen molar-refractivity contribution in [2.75, 3.05) is 25.1 Å². The molecule has 168 valence electrons. The quantitative estimate of drug-likeness (QED) is 0.371. The predicted octanol–water partition coefficient (Wildman–Crippen LogP) is 4.18. The number of likely N-dealkylation sites (N-methyl/N-ethyl adjacent to an activating group) is 1. The molecular formula is C23H26N4O3S2. The highest BCUT2D eigenvalue weighted by molar-refractivity contribution is 7.98. The van der Waals surface area contributed by atoms with Crippen LogP contribution >= 0.6 is 23.1 Å². The number of anilines is 1. The summed E-state index contributed by atoms with van der Waals surface area (Å²) in [6.07, 6.45) is 2.08. The maximum Gasteiger partial charge on any atom is 0.348 e. The van der Waals surface area contributed by atoms with Crippen LogP contribution in [0.2, 0.25) is 0 Å². The molecule has 3 aromatic rings. The van der Waals surface area contributed by atoms with E-state index in [4.69, 9.17) is 14.7 Å². The molecular weight excluding hydrogens is 444 g/mol. The van der Waals surface area contributed by atoms with Crippen molar-refractivity contribution < 1.29 is 14.3 Å². The summed E-state index contributed by atoms with van der Waals surface area (Å²) < 4.78 is 5.23. The molecule has 1 saturated carbocycles. The second-order valence-electron chi connectivity index (χ2n) is 7.72. The Bertz CT molecular complexity index is 1130. The summed E-state index contributed by atoms with van der Waals surface area (Å²) in [5, 5.41) is 3.82. The molecule has 0 aliphatic heterocycles. The molecule has 1 aliphatic rings. The third-order valence-corrected chi connectivity index (χ3v) is 7.25. The third kappa shape index (κ3) is 5.21. The van der Waals surface area contributed by atoms with Crippen molar-refractivity contribution in [1.29, 1.82) is 0 Å². The SMILES string of the molecule is CCOC(=O)c1sc2nc(CSc3ccccc3)nc(N(C)CC(=O)NC3CC3)c2c1C. The minimum Gasteiger partial charge on any atom is -0.462 e. The highest BCUT2D eigenvalue weighted by Gasteiger charge is 2.26. The van der Waals surface area contributed by atoms with Gasteiger partial charge in [0.05, 0.1) is 24.3 Å². The molecule has 7 nitrogen and oxygen atoms in total. The van der Waals surface area contributed by atoms with Gasteiger partial charge in [0.1, 0.15) is 21.3 Å². The van der Waals surface area contributed by atoms with E-state index >= 15 is 0 Å². The van der Waals surface area contributed by atoms with E-state index in [1.165, 1.54) is 11.3 Å². The number of aromatic nitrogens is 2. The number of hydrogen-bond donors (Lipinski definition) is 1. The molecule has 0 unspecified atom stereocenters. The van der Waals surface area contributed by atoms with Crippen molar-refractivity contribution in [3.8, 4) is 0 Å². The van der Waals surface area contributed by atoms with Gasteiger partial charge in [-0.1, -0.05) is 18.2 Å². The average Bonchev–Trinajstić information content (AvgIpc) is 3.53. The smallest absolute Gasteiger partial charge is 0.348 e. The van der Waals surface area contributed by atoms with Gasteiger partial charge < -0.3 is 15.0 Å². The molecule has 9 heteroatoms. The Labute approximate surface area is 195 Å². The van der Waals surface area contributed by atoms with Crippen molar-refractivity contribution in [2.24, 2.45) is 0 Å². The number of nitrogens with zero attached hydrogens (tertiary/aromatic N) is 3. The maximum absolute atomic E-state index is 12.5. The van der Waals surface area contributed by atoms with Crippen LogP contribution in [0, 0.1) is 6.92 Å². The molecule has 2 aromatic heterocycles. The van der Waals surface area contributed by atoms with E-state index in [9.17, 15) is 9.59 Å². The molecule has 2 heterocycles. The molecule has 1 aromatic carbocycles. The van der Waals surface area contributed by atoms with E-state index in [1.54, 1.807) is 18.7 Å². The summed E-state index contributed by atoms with van der Waals surface area (Å²) in [5.74, 6) is 1.52. The van der Waals surface area contributed by atoms with Crippen LogP contribution in [0.1, 0.15) is 40.8 Å². The number of hydrogen-bond acceptors (Lipinski definition) is 8. The van der Waals surface area contributed by atoms with Crippen LogP contribution < -0.4 is 10.2 Å². The lowest BCUT2D eigenvalue weighted by Gasteiger charge is -2.20. The number of benzene rings is 1. The van der Waals surface area contributed by atoms with Crippen molar-refractivity contribution >= 4 is 51.0 Å². The lowest BCUT2D eigenvalue weighted by Crippen LogP contribution is -2.36. The van der Waals surface area contributed by atoms with Gasteiger partial charge >= 0.3 is 5.97 Å². The zero-order valence-corrected chi connectivity index (χ0v) is 20.0. The van der Waals surface area contributed by atoms with E-state index in [0.29, 0.717) is 34.9 Å². The average molecular weight is 471 g/mol. The summed E-state index contributed by atoms with van der Waals surface area (Å²) in [5.41, 5.74) is 0.787. The van der Waals surface area contributed by atoms with Crippen LogP contribution in [0.5, 0.6) is 0 Å². The number of amides is 1. The number of carbonyl (C=O) groups excluding carboxylic acids is 2. The van der Waals surface area contributed by atoms with Gasteiger partial charge in [0.15, 0.2) is 0 Å². The first-order valence-electron chi connectivity index (χ1n) is 10.6. The molecule has 32 heavy (non-hydrogen) atoms. The second-order valence-corrected chi connectivity index (χ2v) is 9.77. The van der Waals surface area contributed by atoms with Crippen LogP contribution in [0.25, 0.3) is 10.2 Å². The van der Waals surface area contributed by atoms with Crippen molar-refractivity contribution in [2.45, 2.75) is 43.4 Å². The molecule has 0 bridgehead atoms. The largest absolute Gasteiger partial charge is 0.462 e. The van der Waals surface area contributed by atoms with Gasteiger partial charge in [-0.05, 0) is 44.4 Å². The number of thioether (sulfide) groups is 1. The molecule has 1 aliphatic carbocycles. The van der Waals surface area contributed by atoms with Gasteiger partial charge in [-0.3, -0.25) is 4.79 Å². The zero-order chi connectivity index (χ0) is 22.7. The normalized spacial score (nSPS) is 13.2. The fourth-order valence-corrected chi connectivity index (χ4v) is 5.21. The fourth-order valence-electron chi connectivity index (χ4n) is 3.35. The molecule has 0 spiro atoms. The van der Waals surface area contributed by atoms with E-state index < -0.39 is 0 Å². The van der Waals surface area contributed by atoms with E-state index in [0.717, 1.165) is 33.5 Å². The number of thiophene rings is 1. The molecule has 0 atom stereocenters. The number of carbonyl (C=O) groups is 2. The number of rotatable bonds is 9. The first-order valence-corrected chi connectivity index (χ1v) is 12.4. The topological polar surface area (TPSA) is 84.4 Å². The number of fused-ring (bicyclic) bond motifs is 1. The van der Waals surface area contributed by atoms with E-state index in [1.807, 2.05) is 49.2 Å². The number of aryl methyl sites for hydroxylation is 1. The summed E-state index contributed by atoms with van der Waals surface area (Å²) in [7, 11) is 1.85. The Morgan fingerprint density at radius 2 is 2.00 bits per heavy atom. The predicted molar refractivity (Wildman–Crippen MR) is 129 cm³/mol. The Balaban J connectivity index is 1.67. The molecule has 1 amide bonds. The zero-order valence-electron chi connectivity index (χ0n) is 18.4. The van der Waals surface area contributed by atoms with Crippen LogP contribution in [0.15, 0.2) is 35.2 Å². The van der Waals surface area contributed by atoms with Gasteiger partial charge in [0.25, 0.3) is 0 Å². The van der Waals surface area contributed by atoms with Gasteiger partial charge in [0, 0.05) is 18.0 Å². The monoisotopic (exact) mass is 470 g/mol. The fraction of sp³-hybridized carbons (Fsp3) is 0.391. The standard InChI is InChI=1S/C23H26N4O3S2/c1-4-30-23(29)20-14(2)19-21(27(3)12-18(28)24-15-10-11-15)25-17(26-22(19)32-20)13-31-16-8-6-5-7-9-16/h5-9,15H,4,10-13H2,1-3H3,(H,24,28). The third-order valence-electron chi connectivity index (χ3n) is 5.07. The van der Waals surface area contributed by atoms with E-state index in [-0.39, 0.29) is 18.4 Å². The summed E-state index contributed by atoms with van der Waals surface area (Å²) in [4.78, 5) is 38.7. The highest BCUT2D eigenvalue weighted by atomic mass is 32.2. The second kappa shape index (κ2) is 9.87. The Kier molecular flexibility index (Phi) is 6.95. The Morgan fingerprint density at radius 1 is 1.25 bits per heavy atom. The number of ether oxygens (including phenoxy) is 1.